The second-order valence-electron chi connectivity index (χ2n) is 3.18. The Morgan fingerprint density at radius 2 is 2.38 bits per heavy atom. The van der Waals surface area contributed by atoms with E-state index in [1.807, 2.05) is 0 Å². The van der Waals surface area contributed by atoms with Gasteiger partial charge in [-0.1, -0.05) is 0 Å². The van der Waals surface area contributed by atoms with Gasteiger partial charge in [-0.15, -0.1) is 0 Å². The van der Waals surface area contributed by atoms with Gasteiger partial charge in [0, 0.05) is 13.5 Å². The summed E-state index contributed by atoms with van der Waals surface area (Å²) in [7, 11) is 0. The summed E-state index contributed by atoms with van der Waals surface area (Å²) in [5.74, 6) is -0.245. The summed E-state index contributed by atoms with van der Waals surface area (Å²) in [5, 5.41) is 3.25. The standard InChI is InChI=1S/C9H17NO3/c1-8(11)12-5-6-13-9-3-2-4-10-7-9/h9-10H,2-7H2,1H3/t9-/m0/s1. The Balaban J connectivity index is 1.95. The van der Waals surface area contributed by atoms with E-state index in [1.165, 1.54) is 6.92 Å². The molecule has 76 valence electrons. The number of piperidine rings is 1. The van der Waals surface area contributed by atoms with Crippen LogP contribution in [0.5, 0.6) is 0 Å². The van der Waals surface area contributed by atoms with Gasteiger partial charge < -0.3 is 14.8 Å². The summed E-state index contributed by atoms with van der Waals surface area (Å²) in [6.45, 7) is 4.28. The number of rotatable bonds is 4. The van der Waals surface area contributed by atoms with E-state index in [0.717, 1.165) is 25.9 Å². The Hall–Kier alpha value is -0.610. The third-order valence-corrected chi connectivity index (χ3v) is 1.99. The maximum Gasteiger partial charge on any atom is 0.302 e. The molecule has 0 spiro atoms. The van der Waals surface area contributed by atoms with Crippen LogP contribution in [-0.4, -0.2) is 38.4 Å². The van der Waals surface area contributed by atoms with Gasteiger partial charge in [0.25, 0.3) is 0 Å². The number of hydrogen-bond donors (Lipinski definition) is 1. The largest absolute Gasteiger partial charge is 0.463 e. The summed E-state index contributed by atoms with van der Waals surface area (Å²) in [4.78, 5) is 10.4. The van der Waals surface area contributed by atoms with Gasteiger partial charge in [0.2, 0.25) is 0 Å². The molecule has 1 fully saturated rings. The first-order chi connectivity index (χ1) is 6.29. The minimum Gasteiger partial charge on any atom is -0.463 e. The Morgan fingerprint density at radius 1 is 1.54 bits per heavy atom. The maximum absolute atomic E-state index is 10.4. The first kappa shape index (κ1) is 10.5. The normalized spacial score (nSPS) is 22.7. The molecular formula is C9H17NO3. The van der Waals surface area contributed by atoms with Crippen LogP contribution in [0.4, 0.5) is 0 Å². The molecule has 0 saturated carbocycles. The van der Waals surface area contributed by atoms with Crippen molar-refractivity contribution >= 4 is 5.97 Å². The van der Waals surface area contributed by atoms with E-state index in [0.29, 0.717) is 19.3 Å². The predicted molar refractivity (Wildman–Crippen MR) is 48.5 cm³/mol. The van der Waals surface area contributed by atoms with E-state index >= 15 is 0 Å². The van der Waals surface area contributed by atoms with E-state index in [1.54, 1.807) is 0 Å². The topological polar surface area (TPSA) is 47.6 Å². The summed E-state index contributed by atoms with van der Waals surface area (Å²) in [6.07, 6.45) is 2.56. The molecule has 0 unspecified atom stereocenters. The lowest BCUT2D eigenvalue weighted by molar-refractivity contribution is -0.143. The van der Waals surface area contributed by atoms with Crippen LogP contribution in [0.1, 0.15) is 19.8 Å². The molecule has 1 rings (SSSR count). The summed E-state index contributed by atoms with van der Waals surface area (Å²) in [6, 6.07) is 0. The molecule has 0 amide bonds. The van der Waals surface area contributed by atoms with Gasteiger partial charge >= 0.3 is 5.97 Å². The van der Waals surface area contributed by atoms with Crippen molar-refractivity contribution in [2.75, 3.05) is 26.3 Å². The molecule has 1 aliphatic rings. The fraction of sp³-hybridized carbons (Fsp3) is 0.889. The van der Waals surface area contributed by atoms with Gasteiger partial charge in [-0.05, 0) is 19.4 Å². The molecule has 0 bridgehead atoms. The van der Waals surface area contributed by atoms with Crippen LogP contribution in [0.25, 0.3) is 0 Å². The summed E-state index contributed by atoms with van der Waals surface area (Å²) >= 11 is 0. The molecule has 1 N–H and O–H groups in total. The average molecular weight is 187 g/mol. The number of ether oxygens (including phenoxy) is 2. The highest BCUT2D eigenvalue weighted by Gasteiger charge is 2.12. The molecule has 1 atom stereocenters. The van der Waals surface area contributed by atoms with E-state index in [2.05, 4.69) is 5.32 Å². The fourth-order valence-electron chi connectivity index (χ4n) is 1.36. The van der Waals surface area contributed by atoms with Crippen LogP contribution in [0.3, 0.4) is 0 Å². The molecule has 0 aliphatic carbocycles. The zero-order valence-electron chi connectivity index (χ0n) is 8.04. The van der Waals surface area contributed by atoms with Crippen molar-refractivity contribution in [1.29, 1.82) is 0 Å². The Morgan fingerprint density at radius 3 is 3.00 bits per heavy atom. The second-order valence-corrected chi connectivity index (χ2v) is 3.18. The molecule has 0 aromatic heterocycles. The lowest BCUT2D eigenvalue weighted by Crippen LogP contribution is -2.35. The molecule has 13 heavy (non-hydrogen) atoms. The zero-order valence-corrected chi connectivity index (χ0v) is 8.04. The minimum atomic E-state index is -0.245. The van der Waals surface area contributed by atoms with Crippen LogP contribution in [0.15, 0.2) is 0 Å². The number of carbonyl (C=O) groups is 1. The first-order valence-electron chi connectivity index (χ1n) is 4.74. The molecular weight excluding hydrogens is 170 g/mol. The third kappa shape index (κ3) is 4.85. The number of esters is 1. The van der Waals surface area contributed by atoms with Crippen molar-refractivity contribution in [3.63, 3.8) is 0 Å². The van der Waals surface area contributed by atoms with Crippen molar-refractivity contribution in [2.45, 2.75) is 25.9 Å². The number of carbonyl (C=O) groups excluding carboxylic acids is 1. The van der Waals surface area contributed by atoms with Crippen LogP contribution in [-0.2, 0) is 14.3 Å². The van der Waals surface area contributed by atoms with Gasteiger partial charge in [0.15, 0.2) is 0 Å². The highest BCUT2D eigenvalue weighted by Crippen LogP contribution is 2.05. The molecule has 0 radical (unpaired) electrons. The SMILES string of the molecule is CC(=O)OCCO[C@H]1CCCNC1. The first-order valence-corrected chi connectivity index (χ1v) is 4.74. The number of nitrogens with one attached hydrogen (secondary N) is 1. The Labute approximate surface area is 78.6 Å². The summed E-state index contributed by atoms with van der Waals surface area (Å²) < 4.78 is 10.2. The molecule has 0 aromatic carbocycles. The van der Waals surface area contributed by atoms with E-state index < -0.39 is 0 Å². The zero-order chi connectivity index (χ0) is 9.52. The van der Waals surface area contributed by atoms with Crippen LogP contribution >= 0.6 is 0 Å². The van der Waals surface area contributed by atoms with Crippen LogP contribution in [0, 0.1) is 0 Å². The minimum absolute atomic E-state index is 0.245. The van der Waals surface area contributed by atoms with E-state index in [4.69, 9.17) is 9.47 Å². The lowest BCUT2D eigenvalue weighted by atomic mass is 10.1. The fourth-order valence-corrected chi connectivity index (χ4v) is 1.36. The lowest BCUT2D eigenvalue weighted by Gasteiger charge is -2.22. The second kappa shape index (κ2) is 5.94. The van der Waals surface area contributed by atoms with E-state index in [-0.39, 0.29) is 5.97 Å². The predicted octanol–water partition coefficient (Wildman–Crippen LogP) is 0.318. The third-order valence-electron chi connectivity index (χ3n) is 1.99. The monoisotopic (exact) mass is 187 g/mol. The van der Waals surface area contributed by atoms with Crippen LogP contribution < -0.4 is 5.32 Å². The molecule has 4 nitrogen and oxygen atoms in total. The Kier molecular flexibility index (Phi) is 4.78. The van der Waals surface area contributed by atoms with Crippen molar-refractivity contribution in [3.05, 3.63) is 0 Å². The highest BCUT2D eigenvalue weighted by atomic mass is 16.6. The molecule has 1 saturated heterocycles. The molecule has 4 heteroatoms. The molecule has 1 aliphatic heterocycles. The van der Waals surface area contributed by atoms with E-state index in [9.17, 15) is 4.79 Å². The molecule has 1 heterocycles. The van der Waals surface area contributed by atoms with Gasteiger partial charge in [0.1, 0.15) is 6.61 Å². The quantitative estimate of drug-likeness (QED) is 0.508. The van der Waals surface area contributed by atoms with Gasteiger partial charge in [0.05, 0.1) is 12.7 Å². The van der Waals surface area contributed by atoms with Crippen molar-refractivity contribution in [2.24, 2.45) is 0 Å². The van der Waals surface area contributed by atoms with Crippen LogP contribution in [0.2, 0.25) is 0 Å². The molecule has 0 aromatic rings. The average Bonchev–Trinajstić information content (AvgIpc) is 2.14. The van der Waals surface area contributed by atoms with Gasteiger partial charge in [-0.3, -0.25) is 4.79 Å². The number of hydrogen-bond acceptors (Lipinski definition) is 4. The maximum atomic E-state index is 10.4. The van der Waals surface area contributed by atoms with Crippen molar-refractivity contribution in [3.8, 4) is 0 Å². The highest BCUT2D eigenvalue weighted by molar-refractivity contribution is 5.65. The van der Waals surface area contributed by atoms with Crippen molar-refractivity contribution in [1.82, 2.24) is 5.32 Å². The Bertz CT molecular complexity index is 155. The summed E-state index contributed by atoms with van der Waals surface area (Å²) in [5.41, 5.74) is 0. The van der Waals surface area contributed by atoms with Gasteiger partial charge in [-0.25, -0.2) is 0 Å². The van der Waals surface area contributed by atoms with Crippen molar-refractivity contribution < 1.29 is 14.3 Å². The van der Waals surface area contributed by atoms with Gasteiger partial charge in [-0.2, -0.15) is 0 Å². The smallest absolute Gasteiger partial charge is 0.302 e.